The molecule has 1 aromatic heterocycles. The number of carbonyl (C=O) groups is 7. The average molecular weight is 944 g/mol. The first-order chi connectivity index (χ1) is 32.6. The largest absolute Gasteiger partial charge is 0.495 e. The SMILES string of the molecule is COc1cc(C(=O)N[C@@H]2CCN(C(=O)CCCN3CCN(c4ccc5c(c4)C(=O)N(C4CCC(=O)NC4=O)C5=O)CC3)C2)c(F)cc1Nc1ncc2c(n1)N(C1CCCC1)CC(F)(F)C(=O)N2C. The van der Waals surface area contributed by atoms with Crippen molar-refractivity contribution in [1.82, 2.24) is 35.3 Å². The minimum Gasteiger partial charge on any atom is -0.495 e. The topological polar surface area (TPSA) is 210 Å². The molecule has 2 aromatic carbocycles. The van der Waals surface area contributed by atoms with Crippen molar-refractivity contribution in [2.45, 2.75) is 81.8 Å². The molecule has 22 heteroatoms. The summed E-state index contributed by atoms with van der Waals surface area (Å²) in [5.74, 6) is -8.64. The van der Waals surface area contributed by atoms with Gasteiger partial charge in [0, 0.05) is 83.0 Å². The Morgan fingerprint density at radius 1 is 0.941 bits per heavy atom. The number of piperidine rings is 1. The van der Waals surface area contributed by atoms with E-state index >= 15 is 13.2 Å². The molecule has 3 saturated heterocycles. The third-order valence-corrected chi connectivity index (χ3v) is 13.8. The van der Waals surface area contributed by atoms with E-state index in [0.717, 1.165) is 34.4 Å². The number of hydrogen-bond acceptors (Lipinski definition) is 14. The summed E-state index contributed by atoms with van der Waals surface area (Å²) < 4.78 is 51.3. The summed E-state index contributed by atoms with van der Waals surface area (Å²) in [4.78, 5) is 108. The van der Waals surface area contributed by atoms with Crippen molar-refractivity contribution >= 4 is 70.2 Å². The van der Waals surface area contributed by atoms with Crippen LogP contribution in [0.4, 0.5) is 42.0 Å². The first-order valence-electron chi connectivity index (χ1n) is 23.0. The summed E-state index contributed by atoms with van der Waals surface area (Å²) in [5, 5.41) is 7.94. The van der Waals surface area contributed by atoms with Gasteiger partial charge in [0.15, 0.2) is 5.82 Å². The van der Waals surface area contributed by atoms with Gasteiger partial charge in [0.05, 0.1) is 42.2 Å². The molecule has 6 heterocycles. The molecule has 3 aromatic rings. The zero-order chi connectivity index (χ0) is 48.0. The summed E-state index contributed by atoms with van der Waals surface area (Å²) >= 11 is 0. The Bertz CT molecular complexity index is 2570. The molecule has 1 aliphatic carbocycles. The number of hydrogen-bond donors (Lipinski definition) is 3. The average Bonchev–Trinajstić information content (AvgIpc) is 4.08. The Balaban J connectivity index is 0.745. The Morgan fingerprint density at radius 2 is 1.69 bits per heavy atom. The summed E-state index contributed by atoms with van der Waals surface area (Å²) in [6, 6.07) is 5.68. The highest BCUT2D eigenvalue weighted by Crippen LogP contribution is 2.40. The number of amides is 7. The van der Waals surface area contributed by atoms with E-state index in [1.807, 2.05) is 0 Å². The highest BCUT2D eigenvalue weighted by molar-refractivity contribution is 6.23. The second kappa shape index (κ2) is 18.7. The summed E-state index contributed by atoms with van der Waals surface area (Å²) in [7, 11) is 2.59. The van der Waals surface area contributed by atoms with Crippen molar-refractivity contribution in [3.05, 3.63) is 59.0 Å². The van der Waals surface area contributed by atoms with Gasteiger partial charge in [-0.25, -0.2) is 9.37 Å². The number of alkyl halides is 2. The highest BCUT2D eigenvalue weighted by Gasteiger charge is 2.49. The molecule has 4 fully saturated rings. The molecule has 0 radical (unpaired) electrons. The van der Waals surface area contributed by atoms with E-state index in [4.69, 9.17) is 4.74 Å². The molecule has 5 aliphatic heterocycles. The molecular formula is C46H52F3N11O8. The van der Waals surface area contributed by atoms with Crippen LogP contribution in [0.25, 0.3) is 0 Å². The van der Waals surface area contributed by atoms with Crippen LogP contribution in [0.1, 0.15) is 88.9 Å². The molecule has 6 aliphatic rings. The van der Waals surface area contributed by atoms with Crippen LogP contribution in [0, 0.1) is 5.82 Å². The lowest BCUT2D eigenvalue weighted by molar-refractivity contribution is -0.140. The standard InChI is InChI=1S/C46H52F3N11O8/c1-55-35-23-50-45(54-39(35)59(27-6-3-4-7-27)25-46(48,49)44(55)67)52-33-22-32(47)31(21-36(33)68-2)40(63)51-26-13-15-58(24-26)38(62)8-5-14-56-16-18-57(19-17-56)28-9-10-29-30(20-28)43(66)60(42(29)65)34-11-12-37(61)53-41(34)64/h9-10,20-23,26-27,34H,3-8,11-19,24-25H2,1-2H3,(H,51,63)(H,50,52,54)(H,53,61,64)/t26-,34?/m1/s1. The summed E-state index contributed by atoms with van der Waals surface area (Å²) in [6.45, 7) is 3.27. The predicted molar refractivity (Wildman–Crippen MR) is 240 cm³/mol. The lowest BCUT2D eigenvalue weighted by Gasteiger charge is -2.36. The maximum Gasteiger partial charge on any atom is 0.342 e. The van der Waals surface area contributed by atoms with E-state index in [0.29, 0.717) is 71.4 Å². The van der Waals surface area contributed by atoms with Crippen molar-refractivity contribution in [2.75, 3.05) is 86.5 Å². The van der Waals surface area contributed by atoms with Gasteiger partial charge in [-0.1, -0.05) is 12.8 Å². The first-order valence-corrected chi connectivity index (χ1v) is 23.0. The fourth-order valence-corrected chi connectivity index (χ4v) is 10.1. The fourth-order valence-electron chi connectivity index (χ4n) is 10.1. The fraction of sp³-hybridized carbons (Fsp3) is 0.500. The number of rotatable bonds is 12. The molecular weight excluding hydrogens is 892 g/mol. The molecule has 2 atom stereocenters. The van der Waals surface area contributed by atoms with E-state index in [-0.39, 0.29) is 76.9 Å². The van der Waals surface area contributed by atoms with Gasteiger partial charge in [-0.3, -0.25) is 48.7 Å². The molecule has 1 unspecified atom stereocenters. The zero-order valence-electron chi connectivity index (χ0n) is 37.7. The van der Waals surface area contributed by atoms with Gasteiger partial charge in [-0.2, -0.15) is 13.8 Å². The van der Waals surface area contributed by atoms with Crippen molar-refractivity contribution in [2.24, 2.45) is 0 Å². The second-order valence-electron chi connectivity index (χ2n) is 18.1. The van der Waals surface area contributed by atoms with Crippen molar-refractivity contribution in [1.29, 1.82) is 0 Å². The van der Waals surface area contributed by atoms with Gasteiger partial charge in [0.25, 0.3) is 23.6 Å². The second-order valence-corrected chi connectivity index (χ2v) is 18.1. The summed E-state index contributed by atoms with van der Waals surface area (Å²) in [5.41, 5.74) is 1.15. The van der Waals surface area contributed by atoms with Crippen LogP contribution >= 0.6 is 0 Å². The molecule has 19 nitrogen and oxygen atoms in total. The summed E-state index contributed by atoms with van der Waals surface area (Å²) in [6.07, 6.45) is 5.84. The number of carbonyl (C=O) groups excluding carboxylic acids is 7. The minimum atomic E-state index is -3.65. The number of nitrogens with zero attached hydrogens (tertiary/aromatic N) is 8. The number of nitrogens with one attached hydrogen (secondary N) is 3. The molecule has 3 N–H and O–H groups in total. The van der Waals surface area contributed by atoms with Crippen LogP contribution in [-0.4, -0.2) is 157 Å². The molecule has 7 amide bonds. The van der Waals surface area contributed by atoms with Gasteiger partial charge in [0.2, 0.25) is 23.7 Å². The highest BCUT2D eigenvalue weighted by atomic mass is 19.3. The number of piperazine rings is 1. The van der Waals surface area contributed by atoms with E-state index < -0.39 is 65.8 Å². The maximum atomic E-state index is 15.7. The van der Waals surface area contributed by atoms with Crippen molar-refractivity contribution in [3.8, 4) is 5.75 Å². The number of likely N-dealkylation sites (tertiary alicyclic amines) is 1. The number of imide groups is 2. The first kappa shape index (κ1) is 46.3. The van der Waals surface area contributed by atoms with Gasteiger partial charge in [-0.15, -0.1) is 0 Å². The minimum absolute atomic E-state index is 0.0461. The van der Waals surface area contributed by atoms with Crippen LogP contribution < -0.4 is 35.4 Å². The van der Waals surface area contributed by atoms with Crippen LogP contribution in [0.2, 0.25) is 0 Å². The van der Waals surface area contributed by atoms with Crippen LogP contribution in [-0.2, 0) is 19.2 Å². The van der Waals surface area contributed by atoms with Crippen molar-refractivity contribution in [3.63, 3.8) is 0 Å². The maximum absolute atomic E-state index is 15.7. The van der Waals surface area contributed by atoms with Crippen molar-refractivity contribution < 1.29 is 51.5 Å². The number of halogens is 3. The Kier molecular flexibility index (Phi) is 12.7. The molecule has 0 spiro atoms. The van der Waals surface area contributed by atoms with E-state index in [9.17, 15) is 33.6 Å². The molecule has 360 valence electrons. The van der Waals surface area contributed by atoms with Gasteiger partial charge >= 0.3 is 5.92 Å². The number of aromatic nitrogens is 2. The lowest BCUT2D eigenvalue weighted by atomic mass is 10.0. The zero-order valence-corrected chi connectivity index (χ0v) is 37.7. The molecule has 1 saturated carbocycles. The third-order valence-electron chi connectivity index (χ3n) is 13.8. The van der Waals surface area contributed by atoms with Gasteiger partial charge in [-0.05, 0) is 62.9 Å². The molecule has 0 bridgehead atoms. The molecule has 9 rings (SSSR count). The van der Waals surface area contributed by atoms with Gasteiger partial charge < -0.3 is 35.0 Å². The number of ether oxygens (including phenoxy) is 1. The van der Waals surface area contributed by atoms with Crippen LogP contribution in [0.5, 0.6) is 5.75 Å². The number of anilines is 5. The number of fused-ring (bicyclic) bond motifs is 2. The molecule has 68 heavy (non-hydrogen) atoms. The van der Waals surface area contributed by atoms with Crippen LogP contribution in [0.3, 0.4) is 0 Å². The smallest absolute Gasteiger partial charge is 0.342 e. The Morgan fingerprint density at radius 3 is 2.43 bits per heavy atom. The Hall–Kier alpha value is -6.84. The van der Waals surface area contributed by atoms with E-state index in [2.05, 4.69) is 35.7 Å². The predicted octanol–water partition coefficient (Wildman–Crippen LogP) is 3.06. The quantitative estimate of drug-likeness (QED) is 0.223. The number of methoxy groups -OCH3 is 1. The Labute approximate surface area is 389 Å². The van der Waals surface area contributed by atoms with E-state index in [1.165, 1.54) is 31.3 Å². The third kappa shape index (κ3) is 8.99. The van der Waals surface area contributed by atoms with Gasteiger partial charge in [0.1, 0.15) is 23.3 Å². The van der Waals surface area contributed by atoms with Crippen LogP contribution in [0.15, 0.2) is 36.5 Å². The monoisotopic (exact) mass is 943 g/mol. The normalized spacial score (nSPS) is 22.1. The van der Waals surface area contributed by atoms with E-state index in [1.54, 1.807) is 23.1 Å². The lowest BCUT2D eigenvalue weighted by Crippen LogP contribution is -2.54. The number of benzene rings is 2.